The summed E-state index contributed by atoms with van der Waals surface area (Å²) in [6.45, 7) is 0.777. The highest BCUT2D eigenvalue weighted by Gasteiger charge is 2.08. The zero-order chi connectivity index (χ0) is 19.3. The predicted octanol–water partition coefficient (Wildman–Crippen LogP) is 5.22. The molecular weight excluding hydrogens is 414 g/mol. The Morgan fingerprint density at radius 3 is 2.61 bits per heavy atom. The van der Waals surface area contributed by atoms with Gasteiger partial charge in [-0.05, 0) is 29.8 Å². The second-order valence-corrected chi connectivity index (χ2v) is 7.34. The average molecular weight is 432 g/mol. The lowest BCUT2D eigenvalue weighted by Gasteiger charge is -2.05. The number of carbonyl (C=O) groups is 1. The van der Waals surface area contributed by atoms with Gasteiger partial charge in [0.05, 0.1) is 6.21 Å². The molecular formula is C23H18BrN3O. The summed E-state index contributed by atoms with van der Waals surface area (Å²) in [6, 6.07) is 25.7. The molecule has 0 saturated carbocycles. The van der Waals surface area contributed by atoms with Crippen LogP contribution in [0.15, 0.2) is 94.6 Å². The van der Waals surface area contributed by atoms with Gasteiger partial charge in [0.1, 0.15) is 0 Å². The Bertz CT molecular complexity index is 1150. The molecule has 0 atom stereocenters. The highest BCUT2D eigenvalue weighted by Crippen LogP contribution is 2.21. The van der Waals surface area contributed by atoms with Crippen LogP contribution >= 0.6 is 15.9 Å². The molecule has 1 heterocycles. The maximum Gasteiger partial charge on any atom is 0.271 e. The minimum atomic E-state index is -0.245. The number of hydrazone groups is 1. The predicted molar refractivity (Wildman–Crippen MR) is 117 cm³/mol. The van der Waals surface area contributed by atoms with Gasteiger partial charge < -0.3 is 4.57 Å². The number of rotatable bonds is 5. The number of nitrogens with zero attached hydrogens (tertiary/aromatic N) is 2. The van der Waals surface area contributed by atoms with Gasteiger partial charge in [-0.3, -0.25) is 4.79 Å². The van der Waals surface area contributed by atoms with Gasteiger partial charge in [-0.2, -0.15) is 5.10 Å². The topological polar surface area (TPSA) is 46.4 Å². The molecule has 0 bridgehead atoms. The van der Waals surface area contributed by atoms with Crippen molar-refractivity contribution in [3.8, 4) is 0 Å². The standard InChI is InChI=1S/C23H18BrN3O/c24-20-10-6-9-18(13-20)23(28)26-25-14-19-16-27(15-17-7-2-1-3-8-17)22-12-5-4-11-21(19)22/h1-14,16H,15H2,(H,26,28)/b25-14+. The Kier molecular flexibility index (Phi) is 5.35. The molecule has 0 aliphatic carbocycles. The van der Waals surface area contributed by atoms with Crippen molar-refractivity contribution in [2.24, 2.45) is 5.10 Å². The number of benzene rings is 3. The minimum absolute atomic E-state index is 0.245. The van der Waals surface area contributed by atoms with Crippen LogP contribution in [0.5, 0.6) is 0 Å². The first-order chi connectivity index (χ1) is 13.7. The third-order valence-corrected chi connectivity index (χ3v) is 4.96. The lowest BCUT2D eigenvalue weighted by molar-refractivity contribution is 0.0955. The fourth-order valence-electron chi connectivity index (χ4n) is 3.14. The van der Waals surface area contributed by atoms with E-state index in [1.54, 1.807) is 18.3 Å². The van der Waals surface area contributed by atoms with E-state index < -0.39 is 0 Å². The van der Waals surface area contributed by atoms with Gasteiger partial charge in [-0.15, -0.1) is 0 Å². The van der Waals surface area contributed by atoms with Crippen molar-refractivity contribution in [3.63, 3.8) is 0 Å². The van der Waals surface area contributed by atoms with Crippen LogP contribution in [-0.2, 0) is 6.54 Å². The van der Waals surface area contributed by atoms with Crippen LogP contribution in [0.1, 0.15) is 21.5 Å². The molecule has 0 spiro atoms. The first kappa shape index (κ1) is 18.2. The summed E-state index contributed by atoms with van der Waals surface area (Å²) in [5.74, 6) is -0.245. The molecule has 0 radical (unpaired) electrons. The van der Waals surface area contributed by atoms with Crippen molar-refractivity contribution in [3.05, 3.63) is 106 Å². The van der Waals surface area contributed by atoms with Crippen LogP contribution in [0.4, 0.5) is 0 Å². The number of halogens is 1. The quantitative estimate of drug-likeness (QED) is 0.341. The van der Waals surface area contributed by atoms with E-state index in [1.807, 2.05) is 42.5 Å². The average Bonchev–Trinajstić information content (AvgIpc) is 3.06. The molecule has 138 valence electrons. The number of nitrogens with one attached hydrogen (secondary N) is 1. The Morgan fingerprint density at radius 2 is 1.79 bits per heavy atom. The van der Waals surface area contributed by atoms with Crippen molar-refractivity contribution in [1.29, 1.82) is 0 Å². The molecule has 5 heteroatoms. The second kappa shape index (κ2) is 8.23. The molecule has 0 unspecified atom stereocenters. The number of aromatic nitrogens is 1. The lowest BCUT2D eigenvalue weighted by Crippen LogP contribution is -2.17. The highest BCUT2D eigenvalue weighted by molar-refractivity contribution is 9.10. The van der Waals surface area contributed by atoms with Crippen LogP contribution in [0.3, 0.4) is 0 Å². The van der Waals surface area contributed by atoms with E-state index in [4.69, 9.17) is 0 Å². The number of fused-ring (bicyclic) bond motifs is 1. The monoisotopic (exact) mass is 431 g/mol. The summed E-state index contributed by atoms with van der Waals surface area (Å²) in [7, 11) is 0. The van der Waals surface area contributed by atoms with Gasteiger partial charge in [-0.25, -0.2) is 5.43 Å². The lowest BCUT2D eigenvalue weighted by atomic mass is 10.2. The first-order valence-corrected chi connectivity index (χ1v) is 9.71. The van der Waals surface area contributed by atoms with Gasteiger partial charge >= 0.3 is 0 Å². The molecule has 1 amide bonds. The molecule has 0 saturated heterocycles. The Labute approximate surface area is 171 Å². The molecule has 0 aliphatic heterocycles. The normalized spacial score (nSPS) is 11.2. The molecule has 3 aromatic carbocycles. The maximum atomic E-state index is 12.2. The number of amides is 1. The zero-order valence-corrected chi connectivity index (χ0v) is 16.6. The number of hydrogen-bond donors (Lipinski definition) is 1. The van der Waals surface area contributed by atoms with Crippen molar-refractivity contribution in [2.45, 2.75) is 6.54 Å². The van der Waals surface area contributed by atoms with E-state index in [0.717, 1.165) is 27.5 Å². The summed E-state index contributed by atoms with van der Waals surface area (Å²) >= 11 is 3.37. The van der Waals surface area contributed by atoms with Gasteiger partial charge in [0, 0.05) is 39.2 Å². The summed E-state index contributed by atoms with van der Waals surface area (Å²) in [5, 5.41) is 5.26. The van der Waals surface area contributed by atoms with E-state index in [-0.39, 0.29) is 5.91 Å². The van der Waals surface area contributed by atoms with Crippen molar-refractivity contribution in [1.82, 2.24) is 9.99 Å². The third kappa shape index (κ3) is 4.05. The van der Waals surface area contributed by atoms with Crippen LogP contribution < -0.4 is 5.43 Å². The zero-order valence-electron chi connectivity index (χ0n) is 15.0. The molecule has 28 heavy (non-hydrogen) atoms. The Morgan fingerprint density at radius 1 is 1.00 bits per heavy atom. The fourth-order valence-corrected chi connectivity index (χ4v) is 3.54. The van der Waals surface area contributed by atoms with Crippen LogP contribution in [0, 0.1) is 0 Å². The maximum absolute atomic E-state index is 12.2. The third-order valence-electron chi connectivity index (χ3n) is 4.47. The summed E-state index contributed by atoms with van der Waals surface area (Å²) in [5.41, 5.74) is 6.47. The SMILES string of the molecule is O=C(N/N=C/c1cn(Cc2ccccc2)c2ccccc12)c1cccc(Br)c1. The van der Waals surface area contributed by atoms with E-state index in [2.05, 4.69) is 61.5 Å². The van der Waals surface area contributed by atoms with Crippen molar-refractivity contribution >= 4 is 39.0 Å². The van der Waals surface area contributed by atoms with Gasteiger partial charge in [0.2, 0.25) is 0 Å². The molecule has 4 nitrogen and oxygen atoms in total. The molecule has 1 aromatic heterocycles. The molecule has 4 rings (SSSR count). The van der Waals surface area contributed by atoms with Gasteiger partial charge in [-0.1, -0.05) is 70.5 Å². The van der Waals surface area contributed by atoms with Crippen molar-refractivity contribution in [2.75, 3.05) is 0 Å². The highest BCUT2D eigenvalue weighted by atomic mass is 79.9. The molecule has 1 N–H and O–H groups in total. The second-order valence-electron chi connectivity index (χ2n) is 6.42. The fraction of sp³-hybridized carbons (Fsp3) is 0.0435. The minimum Gasteiger partial charge on any atom is -0.342 e. The van der Waals surface area contributed by atoms with Gasteiger partial charge in [0.15, 0.2) is 0 Å². The van der Waals surface area contributed by atoms with Crippen LogP contribution in [0.2, 0.25) is 0 Å². The number of para-hydroxylation sites is 1. The molecule has 0 aliphatic rings. The van der Waals surface area contributed by atoms with E-state index in [9.17, 15) is 4.79 Å². The van der Waals surface area contributed by atoms with Crippen molar-refractivity contribution < 1.29 is 4.79 Å². The number of carbonyl (C=O) groups excluding carboxylic acids is 1. The van der Waals surface area contributed by atoms with Gasteiger partial charge in [0.25, 0.3) is 5.91 Å². The number of hydrogen-bond acceptors (Lipinski definition) is 2. The largest absolute Gasteiger partial charge is 0.342 e. The summed E-state index contributed by atoms with van der Waals surface area (Å²) < 4.78 is 3.05. The van der Waals surface area contributed by atoms with Crippen LogP contribution in [0.25, 0.3) is 10.9 Å². The summed E-state index contributed by atoms with van der Waals surface area (Å²) in [6.07, 6.45) is 3.76. The van der Waals surface area contributed by atoms with E-state index >= 15 is 0 Å². The smallest absolute Gasteiger partial charge is 0.271 e. The molecule has 4 aromatic rings. The first-order valence-electron chi connectivity index (χ1n) is 8.91. The Hall–Kier alpha value is -3.18. The summed E-state index contributed by atoms with van der Waals surface area (Å²) in [4.78, 5) is 12.2. The van der Waals surface area contributed by atoms with E-state index in [1.165, 1.54) is 5.56 Å². The van der Waals surface area contributed by atoms with E-state index in [0.29, 0.717) is 5.56 Å². The Balaban J connectivity index is 1.57. The van der Waals surface area contributed by atoms with Crippen LogP contribution in [-0.4, -0.2) is 16.7 Å². The molecule has 0 fully saturated rings.